The lowest BCUT2D eigenvalue weighted by molar-refractivity contribution is 0.199. The highest BCUT2D eigenvalue weighted by Crippen LogP contribution is 2.34. The van der Waals surface area contributed by atoms with Crippen LogP contribution in [-0.4, -0.2) is 28.7 Å². The molecule has 1 aliphatic heterocycles. The summed E-state index contributed by atoms with van der Waals surface area (Å²) >= 11 is 8.37. The van der Waals surface area contributed by atoms with Crippen molar-refractivity contribution in [1.29, 1.82) is 0 Å². The fourth-order valence-electron chi connectivity index (χ4n) is 2.29. The van der Waals surface area contributed by atoms with E-state index in [0.717, 1.165) is 28.6 Å². The van der Waals surface area contributed by atoms with E-state index in [2.05, 4.69) is 18.7 Å². The maximum atomic E-state index is 9.57. The molecule has 1 N–H and O–H groups in total. The molecular formula is C14H20ClNOS. The Balaban J connectivity index is 2.27. The second-order valence-electron chi connectivity index (χ2n) is 4.90. The summed E-state index contributed by atoms with van der Waals surface area (Å²) in [6.45, 7) is 7.30. The van der Waals surface area contributed by atoms with Gasteiger partial charge in [-0.2, -0.15) is 11.8 Å². The van der Waals surface area contributed by atoms with Crippen LogP contribution in [0.2, 0.25) is 5.02 Å². The predicted molar refractivity (Wildman–Crippen MR) is 80.8 cm³/mol. The van der Waals surface area contributed by atoms with Gasteiger partial charge in [0.05, 0.1) is 16.8 Å². The molecule has 2 nitrogen and oxygen atoms in total. The second-order valence-corrected chi connectivity index (χ2v) is 6.79. The fraction of sp³-hybridized carbons (Fsp3) is 0.571. The molecule has 4 heteroatoms. The summed E-state index contributed by atoms with van der Waals surface area (Å²) in [6.07, 6.45) is -0.468. The first-order chi connectivity index (χ1) is 8.50. The molecule has 2 rings (SSSR count). The Morgan fingerprint density at radius 1 is 1.44 bits per heavy atom. The van der Waals surface area contributed by atoms with Crippen molar-refractivity contribution >= 4 is 29.1 Å². The van der Waals surface area contributed by atoms with Crippen molar-refractivity contribution in [1.82, 2.24) is 0 Å². The zero-order valence-electron chi connectivity index (χ0n) is 11.1. The van der Waals surface area contributed by atoms with Crippen molar-refractivity contribution in [3.63, 3.8) is 0 Å². The molecule has 3 unspecified atom stereocenters. The maximum absolute atomic E-state index is 9.57. The molecule has 0 aromatic heterocycles. The summed E-state index contributed by atoms with van der Waals surface area (Å²) in [7, 11) is 0. The Kier molecular flexibility index (Phi) is 4.46. The van der Waals surface area contributed by atoms with Crippen LogP contribution in [0.25, 0.3) is 0 Å². The van der Waals surface area contributed by atoms with Gasteiger partial charge in [-0.3, -0.25) is 0 Å². The smallest absolute Gasteiger partial charge is 0.0762 e. The summed E-state index contributed by atoms with van der Waals surface area (Å²) in [4.78, 5) is 2.37. The quantitative estimate of drug-likeness (QED) is 0.896. The molecule has 100 valence electrons. The molecule has 1 fully saturated rings. The Bertz CT molecular complexity index is 424. The number of aliphatic hydroxyl groups is 1. The minimum atomic E-state index is -0.468. The number of rotatable bonds is 2. The number of thioether (sulfide) groups is 1. The van der Waals surface area contributed by atoms with Gasteiger partial charge in [-0.25, -0.2) is 0 Å². The molecule has 0 aliphatic carbocycles. The zero-order chi connectivity index (χ0) is 13.3. The predicted octanol–water partition coefficient (Wildman–Crippen LogP) is 3.72. The molecule has 1 aliphatic rings. The van der Waals surface area contributed by atoms with Gasteiger partial charge in [0.2, 0.25) is 0 Å². The average molecular weight is 286 g/mol. The molecule has 0 radical (unpaired) electrons. The molecule has 3 atom stereocenters. The van der Waals surface area contributed by atoms with Crippen LogP contribution >= 0.6 is 23.4 Å². The molecule has 1 aromatic carbocycles. The third-order valence-corrected chi connectivity index (χ3v) is 5.29. The standard InChI is InChI=1S/C14H20ClNOS/c1-9-11(3)18-7-6-16(9)14-5-4-12(10(2)17)8-13(14)15/h4-5,8-11,17H,6-7H2,1-3H3. The zero-order valence-corrected chi connectivity index (χ0v) is 12.6. The van der Waals surface area contributed by atoms with Gasteiger partial charge in [-0.05, 0) is 31.5 Å². The van der Waals surface area contributed by atoms with Gasteiger partial charge in [-0.15, -0.1) is 0 Å². The SMILES string of the molecule is CC(O)c1ccc(N2CCSC(C)C2C)c(Cl)c1. The number of hydrogen-bond donors (Lipinski definition) is 1. The molecule has 0 saturated carbocycles. The van der Waals surface area contributed by atoms with Gasteiger partial charge in [0.25, 0.3) is 0 Å². The van der Waals surface area contributed by atoms with Crippen molar-refractivity contribution < 1.29 is 5.11 Å². The first-order valence-electron chi connectivity index (χ1n) is 6.36. The van der Waals surface area contributed by atoms with Gasteiger partial charge in [0.15, 0.2) is 0 Å². The highest BCUT2D eigenvalue weighted by atomic mass is 35.5. The summed E-state index contributed by atoms with van der Waals surface area (Å²) in [6, 6.07) is 6.36. The normalized spacial score (nSPS) is 26.2. The summed E-state index contributed by atoms with van der Waals surface area (Å²) in [5.41, 5.74) is 1.96. The number of hydrogen-bond acceptors (Lipinski definition) is 3. The highest BCUT2D eigenvalue weighted by Gasteiger charge is 2.26. The maximum Gasteiger partial charge on any atom is 0.0762 e. The van der Waals surface area contributed by atoms with E-state index in [0.29, 0.717) is 11.3 Å². The summed E-state index contributed by atoms with van der Waals surface area (Å²) in [5.74, 6) is 1.14. The van der Waals surface area contributed by atoms with Gasteiger partial charge in [-0.1, -0.05) is 24.6 Å². The van der Waals surface area contributed by atoms with Gasteiger partial charge in [0, 0.05) is 23.6 Å². The monoisotopic (exact) mass is 285 g/mol. The van der Waals surface area contributed by atoms with Gasteiger partial charge in [0.1, 0.15) is 0 Å². The van der Waals surface area contributed by atoms with Crippen LogP contribution in [0.5, 0.6) is 0 Å². The molecule has 0 amide bonds. The van der Waals surface area contributed by atoms with Crippen LogP contribution in [0, 0.1) is 0 Å². The molecule has 1 aromatic rings. The second kappa shape index (κ2) is 5.72. The minimum absolute atomic E-state index is 0.468. The lowest BCUT2D eigenvalue weighted by Gasteiger charge is -2.39. The molecule has 1 saturated heterocycles. The Labute approximate surface area is 118 Å². The van der Waals surface area contributed by atoms with Crippen molar-refractivity contribution in [3.05, 3.63) is 28.8 Å². The molecule has 18 heavy (non-hydrogen) atoms. The summed E-state index contributed by atoms with van der Waals surface area (Å²) < 4.78 is 0. The van der Waals surface area contributed by atoms with Crippen LogP contribution < -0.4 is 4.90 Å². The molecule has 0 bridgehead atoms. The van der Waals surface area contributed by atoms with Crippen LogP contribution in [0.4, 0.5) is 5.69 Å². The topological polar surface area (TPSA) is 23.5 Å². The first-order valence-corrected chi connectivity index (χ1v) is 7.79. The van der Waals surface area contributed by atoms with Crippen LogP contribution in [0.3, 0.4) is 0 Å². The van der Waals surface area contributed by atoms with E-state index in [1.807, 2.05) is 30.0 Å². The van der Waals surface area contributed by atoms with E-state index in [1.165, 1.54) is 0 Å². The average Bonchev–Trinajstić information content (AvgIpc) is 2.33. The van der Waals surface area contributed by atoms with Crippen molar-refractivity contribution in [2.75, 3.05) is 17.2 Å². The number of nitrogens with zero attached hydrogens (tertiary/aromatic N) is 1. The highest BCUT2D eigenvalue weighted by molar-refractivity contribution is 8.00. The van der Waals surface area contributed by atoms with E-state index in [9.17, 15) is 5.11 Å². The Morgan fingerprint density at radius 3 is 2.78 bits per heavy atom. The minimum Gasteiger partial charge on any atom is -0.389 e. The van der Waals surface area contributed by atoms with Gasteiger partial charge >= 0.3 is 0 Å². The number of anilines is 1. The molecule has 1 heterocycles. The number of benzene rings is 1. The third-order valence-electron chi connectivity index (χ3n) is 3.65. The molecular weight excluding hydrogens is 266 g/mol. The molecule has 0 spiro atoms. The van der Waals surface area contributed by atoms with Gasteiger partial charge < -0.3 is 10.0 Å². The van der Waals surface area contributed by atoms with E-state index >= 15 is 0 Å². The number of halogens is 1. The first kappa shape index (κ1) is 14.0. The third kappa shape index (κ3) is 2.79. The van der Waals surface area contributed by atoms with E-state index in [1.54, 1.807) is 6.92 Å². The van der Waals surface area contributed by atoms with E-state index < -0.39 is 6.10 Å². The Morgan fingerprint density at radius 2 is 2.17 bits per heavy atom. The lowest BCUT2D eigenvalue weighted by Crippen LogP contribution is -2.44. The number of aliphatic hydroxyl groups excluding tert-OH is 1. The summed E-state index contributed by atoms with van der Waals surface area (Å²) in [5, 5.41) is 10.9. The van der Waals surface area contributed by atoms with E-state index in [4.69, 9.17) is 11.6 Å². The van der Waals surface area contributed by atoms with Crippen LogP contribution in [-0.2, 0) is 0 Å². The van der Waals surface area contributed by atoms with Crippen molar-refractivity contribution in [2.24, 2.45) is 0 Å². The lowest BCUT2D eigenvalue weighted by atomic mass is 10.1. The van der Waals surface area contributed by atoms with Crippen LogP contribution in [0.15, 0.2) is 18.2 Å². The van der Waals surface area contributed by atoms with Crippen molar-refractivity contribution in [2.45, 2.75) is 38.2 Å². The van der Waals surface area contributed by atoms with Crippen molar-refractivity contribution in [3.8, 4) is 0 Å². The van der Waals surface area contributed by atoms with Crippen LogP contribution in [0.1, 0.15) is 32.4 Å². The fourth-order valence-corrected chi connectivity index (χ4v) is 3.69. The van der Waals surface area contributed by atoms with E-state index in [-0.39, 0.29) is 0 Å². The Hall–Kier alpha value is -0.380. The largest absolute Gasteiger partial charge is 0.389 e.